The average Bonchev–Trinajstić information content (AvgIpc) is 2.69. The fourth-order valence-corrected chi connectivity index (χ4v) is 3.20. The maximum Gasteiger partial charge on any atom is 0.335 e. The minimum atomic E-state index is -0.706. The smallest absolute Gasteiger partial charge is 0.335 e. The molecule has 5 nitrogen and oxygen atoms in total. The van der Waals surface area contributed by atoms with Gasteiger partial charge in [0.1, 0.15) is 5.82 Å². The van der Waals surface area contributed by atoms with E-state index in [0.29, 0.717) is 11.1 Å². The minimum absolute atomic E-state index is 0.0431. The second kappa shape index (κ2) is 8.14. The van der Waals surface area contributed by atoms with E-state index in [0.717, 1.165) is 5.56 Å². The summed E-state index contributed by atoms with van der Waals surface area (Å²) in [5, 5.41) is 0. The maximum atomic E-state index is 13.6. The third-order valence-corrected chi connectivity index (χ3v) is 4.52. The predicted molar refractivity (Wildman–Crippen MR) is 98.1 cm³/mol. The Bertz CT molecular complexity index is 865. The molecule has 6 heteroatoms. The molecule has 1 aliphatic rings. The summed E-state index contributed by atoms with van der Waals surface area (Å²) in [6, 6.07) is 14.8. The van der Waals surface area contributed by atoms with E-state index >= 15 is 0 Å². The number of halogens is 1. The van der Waals surface area contributed by atoms with Crippen molar-refractivity contribution < 1.29 is 23.5 Å². The van der Waals surface area contributed by atoms with Gasteiger partial charge in [0.05, 0.1) is 25.3 Å². The molecule has 3 rings (SSSR count). The molecule has 1 amide bonds. The summed E-state index contributed by atoms with van der Waals surface area (Å²) in [6.07, 6.45) is 0.976. The van der Waals surface area contributed by atoms with E-state index in [4.69, 9.17) is 9.47 Å². The Labute approximate surface area is 157 Å². The molecule has 2 aromatic rings. The number of esters is 1. The largest absolute Gasteiger partial charge is 0.466 e. The van der Waals surface area contributed by atoms with Crippen LogP contribution in [0.25, 0.3) is 6.08 Å². The fraction of sp³-hybridized carbons (Fsp3) is 0.238. The van der Waals surface area contributed by atoms with Crippen molar-refractivity contribution in [3.05, 3.63) is 77.1 Å². The highest BCUT2D eigenvalue weighted by atomic mass is 19.1. The van der Waals surface area contributed by atoms with Gasteiger partial charge in [0.15, 0.2) is 6.10 Å². The molecule has 27 heavy (non-hydrogen) atoms. The lowest BCUT2D eigenvalue weighted by atomic mass is 9.89. The standard InChI is InChI=1S/C21H20FNO4/c1-26-19-18(15-9-6-10-17(22)12-15)23(20(19)24)13-16(21(25)27-2)11-14-7-4-3-5-8-14/h3-12,18-19H,13H2,1-2H3/b16-11+/t18-,19+/m1/s1. The van der Waals surface area contributed by atoms with Crippen molar-refractivity contribution in [3.8, 4) is 0 Å². The van der Waals surface area contributed by atoms with Gasteiger partial charge in [-0.25, -0.2) is 9.18 Å². The molecule has 0 saturated carbocycles. The number of rotatable bonds is 6. The third kappa shape index (κ3) is 3.90. The maximum absolute atomic E-state index is 13.6. The van der Waals surface area contributed by atoms with E-state index < -0.39 is 23.9 Å². The van der Waals surface area contributed by atoms with Gasteiger partial charge in [-0.05, 0) is 29.3 Å². The Kier molecular flexibility index (Phi) is 5.66. The minimum Gasteiger partial charge on any atom is -0.466 e. The summed E-state index contributed by atoms with van der Waals surface area (Å²) in [7, 11) is 2.73. The summed E-state index contributed by atoms with van der Waals surface area (Å²) in [6.45, 7) is 0.0431. The van der Waals surface area contributed by atoms with E-state index in [-0.39, 0.29) is 12.5 Å². The molecule has 140 valence electrons. The number of benzene rings is 2. The lowest BCUT2D eigenvalue weighted by Crippen LogP contribution is -2.60. The molecule has 1 saturated heterocycles. The predicted octanol–water partition coefficient (Wildman–Crippen LogP) is 2.98. The van der Waals surface area contributed by atoms with Crippen molar-refractivity contribution in [1.82, 2.24) is 4.90 Å². The van der Waals surface area contributed by atoms with Gasteiger partial charge >= 0.3 is 5.97 Å². The van der Waals surface area contributed by atoms with Gasteiger partial charge in [-0.2, -0.15) is 0 Å². The summed E-state index contributed by atoms with van der Waals surface area (Å²) in [5.41, 5.74) is 1.76. The number of hydrogen-bond donors (Lipinski definition) is 0. The molecule has 2 atom stereocenters. The molecule has 1 aliphatic heterocycles. The van der Waals surface area contributed by atoms with Gasteiger partial charge in [-0.15, -0.1) is 0 Å². The van der Waals surface area contributed by atoms with Crippen LogP contribution in [0.4, 0.5) is 4.39 Å². The molecule has 0 radical (unpaired) electrons. The lowest BCUT2D eigenvalue weighted by molar-refractivity contribution is -0.170. The van der Waals surface area contributed by atoms with Gasteiger partial charge in [0, 0.05) is 7.11 Å². The van der Waals surface area contributed by atoms with Crippen LogP contribution >= 0.6 is 0 Å². The molecule has 2 aromatic carbocycles. The van der Waals surface area contributed by atoms with Crippen molar-refractivity contribution >= 4 is 18.0 Å². The molecular formula is C21H20FNO4. The number of likely N-dealkylation sites (tertiary alicyclic amines) is 1. The molecular weight excluding hydrogens is 349 g/mol. The number of amides is 1. The molecule has 0 aliphatic carbocycles. The zero-order valence-electron chi connectivity index (χ0n) is 15.1. The number of ether oxygens (including phenoxy) is 2. The van der Waals surface area contributed by atoms with Crippen molar-refractivity contribution in [2.24, 2.45) is 0 Å². The Morgan fingerprint density at radius 2 is 1.89 bits per heavy atom. The fourth-order valence-electron chi connectivity index (χ4n) is 3.20. The highest BCUT2D eigenvalue weighted by Crippen LogP contribution is 2.37. The summed E-state index contributed by atoms with van der Waals surface area (Å²) in [5.74, 6) is -1.17. The lowest BCUT2D eigenvalue weighted by Gasteiger charge is -2.46. The molecule has 1 heterocycles. The molecule has 0 spiro atoms. The van der Waals surface area contributed by atoms with Crippen LogP contribution in [0, 0.1) is 5.82 Å². The number of methoxy groups -OCH3 is 2. The monoisotopic (exact) mass is 369 g/mol. The quantitative estimate of drug-likeness (QED) is 0.446. The first-order valence-corrected chi connectivity index (χ1v) is 8.48. The van der Waals surface area contributed by atoms with Crippen molar-refractivity contribution in [1.29, 1.82) is 0 Å². The summed E-state index contributed by atoms with van der Waals surface area (Å²) < 4.78 is 23.8. The van der Waals surface area contributed by atoms with Gasteiger partial charge in [0.2, 0.25) is 0 Å². The first-order valence-electron chi connectivity index (χ1n) is 8.48. The van der Waals surface area contributed by atoms with Crippen molar-refractivity contribution in [2.75, 3.05) is 20.8 Å². The average molecular weight is 369 g/mol. The molecule has 0 unspecified atom stereocenters. The van der Waals surface area contributed by atoms with E-state index in [2.05, 4.69) is 0 Å². The van der Waals surface area contributed by atoms with Gasteiger partial charge in [0.25, 0.3) is 5.91 Å². The van der Waals surface area contributed by atoms with E-state index in [1.807, 2.05) is 30.3 Å². The van der Waals surface area contributed by atoms with Crippen LogP contribution in [0.15, 0.2) is 60.2 Å². The van der Waals surface area contributed by atoms with E-state index in [1.165, 1.54) is 31.3 Å². The zero-order valence-corrected chi connectivity index (χ0v) is 15.1. The summed E-state index contributed by atoms with van der Waals surface area (Å²) >= 11 is 0. The highest BCUT2D eigenvalue weighted by Gasteiger charge is 2.49. The Morgan fingerprint density at radius 3 is 2.52 bits per heavy atom. The van der Waals surface area contributed by atoms with Crippen LogP contribution in [-0.2, 0) is 19.1 Å². The zero-order chi connectivity index (χ0) is 19.4. The second-order valence-corrected chi connectivity index (χ2v) is 6.19. The molecule has 1 fully saturated rings. The highest BCUT2D eigenvalue weighted by molar-refractivity contribution is 5.96. The van der Waals surface area contributed by atoms with E-state index in [9.17, 15) is 14.0 Å². The number of β-lactam (4-membered cyclic amide) rings is 1. The van der Waals surface area contributed by atoms with Crippen molar-refractivity contribution in [3.63, 3.8) is 0 Å². The SMILES string of the molecule is COC(=O)/C(=C/c1ccccc1)CN1C(=O)[C@@H](OC)[C@H]1c1cccc(F)c1. The first kappa shape index (κ1) is 18.8. The van der Waals surface area contributed by atoms with Crippen LogP contribution < -0.4 is 0 Å². The number of carbonyl (C=O) groups excluding carboxylic acids is 2. The Hall–Kier alpha value is -2.99. The third-order valence-electron chi connectivity index (χ3n) is 4.52. The number of carbonyl (C=O) groups is 2. The molecule has 0 aromatic heterocycles. The van der Waals surface area contributed by atoms with Crippen molar-refractivity contribution in [2.45, 2.75) is 12.1 Å². The second-order valence-electron chi connectivity index (χ2n) is 6.19. The normalized spacial score (nSPS) is 19.6. The Balaban J connectivity index is 1.91. The van der Waals surface area contributed by atoms with E-state index in [1.54, 1.807) is 18.2 Å². The van der Waals surface area contributed by atoms with Gasteiger partial charge in [-0.3, -0.25) is 4.79 Å². The number of nitrogens with zero attached hydrogens (tertiary/aromatic N) is 1. The number of hydrogen-bond acceptors (Lipinski definition) is 4. The first-order chi connectivity index (χ1) is 13.0. The topological polar surface area (TPSA) is 55.8 Å². The van der Waals surface area contributed by atoms with Gasteiger partial charge in [-0.1, -0.05) is 42.5 Å². The van der Waals surface area contributed by atoms with Crippen LogP contribution in [0.5, 0.6) is 0 Å². The van der Waals surface area contributed by atoms with Crippen LogP contribution in [0.2, 0.25) is 0 Å². The van der Waals surface area contributed by atoms with Crippen LogP contribution in [0.3, 0.4) is 0 Å². The van der Waals surface area contributed by atoms with Crippen LogP contribution in [0.1, 0.15) is 17.2 Å². The molecule has 0 N–H and O–H groups in total. The molecule has 0 bridgehead atoms. The van der Waals surface area contributed by atoms with Gasteiger partial charge < -0.3 is 14.4 Å². The summed E-state index contributed by atoms with van der Waals surface area (Å²) in [4.78, 5) is 26.2. The van der Waals surface area contributed by atoms with Crippen LogP contribution in [-0.4, -0.2) is 43.6 Å². The Morgan fingerprint density at radius 1 is 1.15 bits per heavy atom.